The first-order valence-electron chi connectivity index (χ1n) is 5.18. The van der Waals surface area contributed by atoms with Crippen LogP contribution in [0.1, 0.15) is 40.5 Å². The van der Waals surface area contributed by atoms with E-state index in [4.69, 9.17) is 10.00 Å². The number of nitriles is 1. The summed E-state index contributed by atoms with van der Waals surface area (Å²) in [5.74, 6) is 0. The molecule has 0 aliphatic carbocycles. The highest BCUT2D eigenvalue weighted by molar-refractivity contribution is 4.99. The standard InChI is InChI=1S/C11H20N2O/c1-10(2)8-9(11(3,4)14-10)13-7-5-6-12/h9,13H,5,7-8H2,1-4H3. The van der Waals surface area contributed by atoms with Gasteiger partial charge in [-0.2, -0.15) is 5.26 Å². The molecule has 3 heteroatoms. The van der Waals surface area contributed by atoms with Crippen molar-refractivity contribution >= 4 is 0 Å². The maximum absolute atomic E-state index is 8.45. The number of rotatable bonds is 3. The number of ether oxygens (including phenoxy) is 1. The summed E-state index contributed by atoms with van der Waals surface area (Å²) >= 11 is 0. The third-order valence-corrected chi connectivity index (χ3v) is 2.70. The first-order valence-corrected chi connectivity index (χ1v) is 5.18. The Labute approximate surface area is 86.4 Å². The van der Waals surface area contributed by atoms with E-state index in [2.05, 4.69) is 39.1 Å². The SMILES string of the molecule is CC1(C)CC(NCCC#N)C(C)(C)O1. The van der Waals surface area contributed by atoms with Crippen LogP contribution < -0.4 is 5.32 Å². The van der Waals surface area contributed by atoms with E-state index in [0.717, 1.165) is 13.0 Å². The predicted molar refractivity (Wildman–Crippen MR) is 55.9 cm³/mol. The summed E-state index contributed by atoms with van der Waals surface area (Å²) in [5, 5.41) is 11.8. The molecule has 1 saturated heterocycles. The van der Waals surface area contributed by atoms with Crippen molar-refractivity contribution in [3.8, 4) is 6.07 Å². The molecular weight excluding hydrogens is 176 g/mol. The van der Waals surface area contributed by atoms with Crippen LogP contribution >= 0.6 is 0 Å². The van der Waals surface area contributed by atoms with E-state index in [-0.39, 0.29) is 11.2 Å². The average Bonchev–Trinajstić information content (AvgIpc) is 2.20. The van der Waals surface area contributed by atoms with Gasteiger partial charge in [-0.3, -0.25) is 0 Å². The van der Waals surface area contributed by atoms with Crippen molar-refractivity contribution in [3.05, 3.63) is 0 Å². The van der Waals surface area contributed by atoms with Crippen molar-refractivity contribution in [2.75, 3.05) is 6.54 Å². The van der Waals surface area contributed by atoms with Gasteiger partial charge in [0.05, 0.1) is 17.3 Å². The predicted octanol–water partition coefficient (Wildman–Crippen LogP) is 1.84. The van der Waals surface area contributed by atoms with E-state index in [9.17, 15) is 0 Å². The topological polar surface area (TPSA) is 45.0 Å². The Kier molecular flexibility index (Phi) is 3.18. The third-order valence-electron chi connectivity index (χ3n) is 2.70. The lowest BCUT2D eigenvalue weighted by atomic mass is 9.94. The highest BCUT2D eigenvalue weighted by Gasteiger charge is 2.45. The Morgan fingerprint density at radius 2 is 2.07 bits per heavy atom. The van der Waals surface area contributed by atoms with Crippen molar-refractivity contribution < 1.29 is 4.74 Å². The minimum absolute atomic E-state index is 0.0478. The van der Waals surface area contributed by atoms with Crippen LogP contribution in [0.2, 0.25) is 0 Å². The summed E-state index contributed by atoms with van der Waals surface area (Å²) in [4.78, 5) is 0. The molecular formula is C11H20N2O. The van der Waals surface area contributed by atoms with Crippen molar-refractivity contribution in [2.45, 2.75) is 57.8 Å². The van der Waals surface area contributed by atoms with Crippen LogP contribution in [0.15, 0.2) is 0 Å². The number of hydrogen-bond donors (Lipinski definition) is 1. The van der Waals surface area contributed by atoms with Crippen LogP contribution in [0.5, 0.6) is 0 Å². The highest BCUT2D eigenvalue weighted by Crippen LogP contribution is 2.37. The molecule has 1 N–H and O–H groups in total. The lowest BCUT2D eigenvalue weighted by Gasteiger charge is -2.27. The fourth-order valence-electron chi connectivity index (χ4n) is 2.18. The second-order valence-corrected chi connectivity index (χ2v) is 5.08. The Hall–Kier alpha value is -0.590. The molecule has 0 aromatic heterocycles. The molecule has 0 aromatic carbocycles. The summed E-state index contributed by atoms with van der Waals surface area (Å²) in [5.41, 5.74) is -0.174. The fourth-order valence-corrected chi connectivity index (χ4v) is 2.18. The van der Waals surface area contributed by atoms with Gasteiger partial charge in [0.1, 0.15) is 0 Å². The first kappa shape index (κ1) is 11.5. The van der Waals surface area contributed by atoms with Gasteiger partial charge in [0.2, 0.25) is 0 Å². The normalized spacial score (nSPS) is 28.6. The lowest BCUT2D eigenvalue weighted by molar-refractivity contribution is -0.0697. The molecule has 0 spiro atoms. The smallest absolute Gasteiger partial charge is 0.0787 e. The molecule has 0 amide bonds. The van der Waals surface area contributed by atoms with E-state index in [1.54, 1.807) is 0 Å². The summed E-state index contributed by atoms with van der Waals surface area (Å²) in [6.45, 7) is 9.18. The molecule has 1 aliphatic rings. The summed E-state index contributed by atoms with van der Waals surface area (Å²) in [6.07, 6.45) is 1.57. The molecule has 1 unspecified atom stereocenters. The van der Waals surface area contributed by atoms with Gasteiger partial charge in [-0.15, -0.1) is 0 Å². The van der Waals surface area contributed by atoms with E-state index < -0.39 is 0 Å². The van der Waals surface area contributed by atoms with Crippen molar-refractivity contribution in [1.82, 2.24) is 5.32 Å². The molecule has 1 aliphatic heterocycles. The molecule has 14 heavy (non-hydrogen) atoms. The minimum atomic E-state index is -0.126. The van der Waals surface area contributed by atoms with E-state index in [1.807, 2.05) is 0 Å². The lowest BCUT2D eigenvalue weighted by Crippen LogP contribution is -2.43. The molecule has 1 fully saturated rings. The van der Waals surface area contributed by atoms with Gasteiger partial charge in [0, 0.05) is 19.0 Å². The van der Waals surface area contributed by atoms with E-state index in [0.29, 0.717) is 12.5 Å². The summed E-state index contributed by atoms with van der Waals surface area (Å²) in [7, 11) is 0. The van der Waals surface area contributed by atoms with Gasteiger partial charge in [-0.05, 0) is 34.1 Å². The maximum atomic E-state index is 8.45. The van der Waals surface area contributed by atoms with Crippen molar-refractivity contribution in [3.63, 3.8) is 0 Å². The van der Waals surface area contributed by atoms with Gasteiger partial charge in [-0.1, -0.05) is 0 Å². The second kappa shape index (κ2) is 3.88. The van der Waals surface area contributed by atoms with Gasteiger partial charge in [0.15, 0.2) is 0 Å². The monoisotopic (exact) mass is 196 g/mol. The highest BCUT2D eigenvalue weighted by atomic mass is 16.5. The van der Waals surface area contributed by atoms with Crippen LogP contribution in [0.4, 0.5) is 0 Å². The maximum Gasteiger partial charge on any atom is 0.0787 e. The van der Waals surface area contributed by atoms with Gasteiger partial charge < -0.3 is 10.1 Å². The van der Waals surface area contributed by atoms with E-state index >= 15 is 0 Å². The minimum Gasteiger partial charge on any atom is -0.368 e. The molecule has 1 atom stereocenters. The number of nitrogens with one attached hydrogen (secondary N) is 1. The van der Waals surface area contributed by atoms with Gasteiger partial charge >= 0.3 is 0 Å². The molecule has 0 bridgehead atoms. The fraction of sp³-hybridized carbons (Fsp3) is 0.909. The average molecular weight is 196 g/mol. The van der Waals surface area contributed by atoms with Gasteiger partial charge in [0.25, 0.3) is 0 Å². The van der Waals surface area contributed by atoms with Crippen molar-refractivity contribution in [2.24, 2.45) is 0 Å². The second-order valence-electron chi connectivity index (χ2n) is 5.08. The quantitative estimate of drug-likeness (QED) is 0.700. The number of nitrogens with zero attached hydrogens (tertiary/aromatic N) is 1. The van der Waals surface area contributed by atoms with Gasteiger partial charge in [-0.25, -0.2) is 0 Å². The zero-order valence-corrected chi connectivity index (χ0v) is 9.55. The Morgan fingerprint density at radius 3 is 2.50 bits per heavy atom. The zero-order chi connectivity index (χ0) is 10.8. The first-order chi connectivity index (χ1) is 6.37. The molecule has 3 nitrogen and oxygen atoms in total. The van der Waals surface area contributed by atoms with Crippen LogP contribution in [0, 0.1) is 11.3 Å². The van der Waals surface area contributed by atoms with Crippen molar-refractivity contribution in [1.29, 1.82) is 5.26 Å². The van der Waals surface area contributed by atoms with Crippen LogP contribution in [0.3, 0.4) is 0 Å². The largest absolute Gasteiger partial charge is 0.368 e. The third kappa shape index (κ3) is 2.70. The molecule has 0 aromatic rings. The zero-order valence-electron chi connectivity index (χ0n) is 9.55. The van der Waals surface area contributed by atoms with Crippen LogP contribution in [-0.4, -0.2) is 23.8 Å². The molecule has 80 valence electrons. The molecule has 1 rings (SSSR count). The van der Waals surface area contributed by atoms with Crippen LogP contribution in [-0.2, 0) is 4.74 Å². The summed E-state index contributed by atoms with van der Waals surface area (Å²) in [6, 6.07) is 2.49. The Balaban J connectivity index is 2.49. The Bertz CT molecular complexity index is 240. The van der Waals surface area contributed by atoms with Crippen LogP contribution in [0.25, 0.3) is 0 Å². The molecule has 0 saturated carbocycles. The number of hydrogen-bond acceptors (Lipinski definition) is 3. The molecule has 1 heterocycles. The summed E-state index contributed by atoms with van der Waals surface area (Å²) < 4.78 is 5.93. The van der Waals surface area contributed by atoms with E-state index in [1.165, 1.54) is 0 Å². The molecule has 0 radical (unpaired) electrons. The Morgan fingerprint density at radius 1 is 1.43 bits per heavy atom.